The van der Waals surface area contributed by atoms with Crippen LogP contribution in [0.5, 0.6) is 0 Å². The Kier molecular flexibility index (Phi) is 6.03. The second-order valence-corrected chi connectivity index (χ2v) is 7.82. The highest BCUT2D eigenvalue weighted by atomic mass is 16.5. The van der Waals surface area contributed by atoms with Crippen LogP contribution < -0.4 is 10.6 Å². The zero-order valence-electron chi connectivity index (χ0n) is 18.3. The van der Waals surface area contributed by atoms with E-state index in [1.165, 1.54) is 6.26 Å². The first kappa shape index (κ1) is 21.1. The molecule has 0 aliphatic carbocycles. The zero-order valence-corrected chi connectivity index (χ0v) is 18.3. The molecular formula is C22H25N7O4. The monoisotopic (exact) mass is 451 g/mol. The van der Waals surface area contributed by atoms with E-state index >= 15 is 0 Å². The quantitative estimate of drug-likeness (QED) is 0.414. The van der Waals surface area contributed by atoms with Gasteiger partial charge in [-0.25, -0.2) is 9.67 Å². The van der Waals surface area contributed by atoms with Gasteiger partial charge in [-0.1, -0.05) is 5.16 Å². The van der Waals surface area contributed by atoms with Crippen LogP contribution in [0.3, 0.4) is 0 Å². The predicted octanol–water partition coefficient (Wildman–Crippen LogP) is 2.54. The number of ether oxygens (including phenoxy) is 1. The predicted molar refractivity (Wildman–Crippen MR) is 118 cm³/mol. The number of hydrogen-bond donors (Lipinski definition) is 2. The summed E-state index contributed by atoms with van der Waals surface area (Å²) in [5, 5.41) is 15.8. The third-order valence-electron chi connectivity index (χ3n) is 5.59. The van der Waals surface area contributed by atoms with Crippen molar-refractivity contribution >= 4 is 22.6 Å². The van der Waals surface area contributed by atoms with E-state index in [-0.39, 0.29) is 24.9 Å². The minimum atomic E-state index is -0.187. The average molecular weight is 451 g/mol. The number of furan rings is 1. The highest BCUT2D eigenvalue weighted by Gasteiger charge is 2.22. The van der Waals surface area contributed by atoms with E-state index in [0.717, 1.165) is 49.3 Å². The van der Waals surface area contributed by atoms with Crippen LogP contribution in [-0.2, 0) is 29.0 Å². The van der Waals surface area contributed by atoms with Crippen molar-refractivity contribution in [2.75, 3.05) is 18.5 Å². The molecule has 1 aliphatic rings. The van der Waals surface area contributed by atoms with Gasteiger partial charge in [0, 0.05) is 32.0 Å². The van der Waals surface area contributed by atoms with Crippen molar-refractivity contribution in [2.45, 2.75) is 45.3 Å². The van der Waals surface area contributed by atoms with Gasteiger partial charge in [0.25, 0.3) is 5.89 Å². The first-order valence-electron chi connectivity index (χ1n) is 11.0. The maximum atomic E-state index is 12.1. The van der Waals surface area contributed by atoms with Crippen molar-refractivity contribution in [1.82, 2.24) is 30.2 Å². The Balaban J connectivity index is 1.38. The third-order valence-corrected chi connectivity index (χ3v) is 5.59. The molecule has 4 aromatic rings. The van der Waals surface area contributed by atoms with Gasteiger partial charge < -0.3 is 24.3 Å². The molecule has 1 fully saturated rings. The van der Waals surface area contributed by atoms with Crippen molar-refractivity contribution in [3.05, 3.63) is 42.4 Å². The number of aromatic nitrogens is 5. The third kappa shape index (κ3) is 4.58. The summed E-state index contributed by atoms with van der Waals surface area (Å²) >= 11 is 0. The molecule has 0 aromatic carbocycles. The van der Waals surface area contributed by atoms with Crippen molar-refractivity contribution < 1.29 is 18.5 Å². The number of rotatable bonds is 8. The Morgan fingerprint density at radius 3 is 2.94 bits per heavy atom. The molecular weight excluding hydrogens is 426 g/mol. The summed E-state index contributed by atoms with van der Waals surface area (Å²) in [4.78, 5) is 21.2. The van der Waals surface area contributed by atoms with E-state index in [4.69, 9.17) is 13.7 Å². The second kappa shape index (κ2) is 9.41. The van der Waals surface area contributed by atoms with E-state index in [2.05, 4.69) is 30.9 Å². The molecule has 0 spiro atoms. The lowest BCUT2D eigenvalue weighted by atomic mass is 10.1. The summed E-state index contributed by atoms with van der Waals surface area (Å²) < 4.78 is 18.1. The molecule has 33 heavy (non-hydrogen) atoms. The van der Waals surface area contributed by atoms with Crippen LogP contribution in [0.2, 0.25) is 0 Å². The number of nitrogens with one attached hydrogen (secondary N) is 2. The summed E-state index contributed by atoms with van der Waals surface area (Å²) in [5.74, 6) is 1.11. The molecule has 1 saturated heterocycles. The lowest BCUT2D eigenvalue weighted by Crippen LogP contribution is -2.28. The Hall–Kier alpha value is -3.73. The lowest BCUT2D eigenvalue weighted by molar-refractivity contribution is -0.120. The molecule has 0 bridgehead atoms. The first-order chi connectivity index (χ1) is 16.2. The summed E-state index contributed by atoms with van der Waals surface area (Å²) in [6, 6.07) is 3.76. The maximum absolute atomic E-state index is 12.1. The minimum absolute atomic E-state index is 0.148. The Morgan fingerprint density at radius 2 is 2.15 bits per heavy atom. The highest BCUT2D eigenvalue weighted by molar-refractivity contribution is 5.96. The largest absolute Gasteiger partial charge is 0.469 e. The fourth-order valence-electron chi connectivity index (χ4n) is 3.87. The van der Waals surface area contributed by atoms with E-state index in [1.54, 1.807) is 18.3 Å². The molecule has 1 amide bonds. The fraction of sp³-hybridized carbons (Fsp3) is 0.409. The Labute approximate surface area is 189 Å². The van der Waals surface area contributed by atoms with Gasteiger partial charge in [-0.05, 0) is 31.9 Å². The molecule has 11 nitrogen and oxygen atoms in total. The number of anilines is 1. The molecule has 172 valence electrons. The summed E-state index contributed by atoms with van der Waals surface area (Å²) in [7, 11) is 0. The number of pyridine rings is 1. The smallest absolute Gasteiger partial charge is 0.261 e. The molecule has 0 unspecified atom stereocenters. The number of carbonyl (C=O) groups excluding carboxylic acids is 1. The fourth-order valence-corrected chi connectivity index (χ4v) is 3.87. The van der Waals surface area contributed by atoms with Crippen LogP contribution in [0.25, 0.3) is 22.5 Å². The summed E-state index contributed by atoms with van der Waals surface area (Å²) in [6.45, 7) is 4.33. The van der Waals surface area contributed by atoms with Gasteiger partial charge in [0.15, 0.2) is 11.5 Å². The van der Waals surface area contributed by atoms with Crippen molar-refractivity contribution in [1.29, 1.82) is 0 Å². The molecule has 11 heteroatoms. The van der Waals surface area contributed by atoms with Gasteiger partial charge in [-0.3, -0.25) is 4.79 Å². The molecule has 0 saturated carbocycles. The van der Waals surface area contributed by atoms with Crippen LogP contribution in [0.15, 0.2) is 39.7 Å². The number of nitrogens with zero attached hydrogens (tertiary/aromatic N) is 5. The zero-order chi connectivity index (χ0) is 22.6. The van der Waals surface area contributed by atoms with E-state index in [0.29, 0.717) is 23.0 Å². The normalized spacial score (nSPS) is 14.6. The Bertz CT molecular complexity index is 1230. The van der Waals surface area contributed by atoms with Crippen molar-refractivity contribution in [2.24, 2.45) is 0 Å². The topological polar surface area (TPSA) is 133 Å². The van der Waals surface area contributed by atoms with Gasteiger partial charge in [0.1, 0.15) is 5.76 Å². The molecule has 5 rings (SSSR count). The number of fused-ring (bicyclic) bond motifs is 1. The molecule has 0 radical (unpaired) electrons. The molecule has 4 aromatic heterocycles. The minimum Gasteiger partial charge on any atom is -0.469 e. The first-order valence-corrected chi connectivity index (χ1v) is 11.0. The van der Waals surface area contributed by atoms with Gasteiger partial charge in [-0.2, -0.15) is 10.1 Å². The van der Waals surface area contributed by atoms with Crippen LogP contribution in [-0.4, -0.2) is 50.1 Å². The van der Waals surface area contributed by atoms with Crippen LogP contribution in [0, 0.1) is 0 Å². The standard InChI is InChI=1S/C22H25N7O4/c1-2-29-21-16(12-25-29)20(26-14-5-8-31-9-6-14)17(11-24-21)22-27-18(28-33-22)13-23-19(30)10-15-4-3-7-32-15/h3-4,7,11-12,14H,2,5-6,8-10,13H2,1H3,(H,23,30)(H,24,26). The van der Waals surface area contributed by atoms with E-state index < -0.39 is 0 Å². The molecule has 0 atom stereocenters. The second-order valence-electron chi connectivity index (χ2n) is 7.82. The van der Waals surface area contributed by atoms with Crippen molar-refractivity contribution in [3.63, 3.8) is 0 Å². The molecule has 5 heterocycles. The number of carbonyl (C=O) groups is 1. The summed E-state index contributed by atoms with van der Waals surface area (Å²) in [6.07, 6.45) is 7.03. The van der Waals surface area contributed by atoms with Gasteiger partial charge >= 0.3 is 0 Å². The number of hydrogen-bond acceptors (Lipinski definition) is 9. The molecule has 2 N–H and O–H groups in total. The highest BCUT2D eigenvalue weighted by Crippen LogP contribution is 2.34. The average Bonchev–Trinajstić information content (AvgIpc) is 3.59. The van der Waals surface area contributed by atoms with Gasteiger partial charge in [0.05, 0.1) is 42.1 Å². The van der Waals surface area contributed by atoms with Crippen LogP contribution in [0.1, 0.15) is 31.4 Å². The molecule has 1 aliphatic heterocycles. The Morgan fingerprint density at radius 1 is 1.27 bits per heavy atom. The lowest BCUT2D eigenvalue weighted by Gasteiger charge is -2.25. The maximum Gasteiger partial charge on any atom is 0.261 e. The van der Waals surface area contributed by atoms with Crippen LogP contribution >= 0.6 is 0 Å². The summed E-state index contributed by atoms with van der Waals surface area (Å²) in [5.41, 5.74) is 2.36. The number of aryl methyl sites for hydroxylation is 1. The van der Waals surface area contributed by atoms with Gasteiger partial charge in [0.2, 0.25) is 5.91 Å². The van der Waals surface area contributed by atoms with E-state index in [1.807, 2.05) is 17.8 Å². The van der Waals surface area contributed by atoms with Crippen LogP contribution in [0.4, 0.5) is 5.69 Å². The SMILES string of the molecule is CCn1ncc2c(NC3CCOCC3)c(-c3nc(CNC(=O)Cc4ccco4)no3)cnc21. The van der Waals surface area contributed by atoms with Crippen molar-refractivity contribution in [3.8, 4) is 11.5 Å². The van der Waals surface area contributed by atoms with E-state index in [9.17, 15) is 4.79 Å². The van der Waals surface area contributed by atoms with Gasteiger partial charge in [-0.15, -0.1) is 0 Å². The number of amides is 1.